The van der Waals surface area contributed by atoms with Crippen LogP contribution in [0.1, 0.15) is 35.8 Å². The van der Waals surface area contributed by atoms with Gasteiger partial charge in [0.25, 0.3) is 5.91 Å². The second kappa shape index (κ2) is 6.91. The van der Waals surface area contributed by atoms with Crippen LogP contribution in [0.25, 0.3) is 0 Å². The maximum atomic E-state index is 12.1. The van der Waals surface area contributed by atoms with Crippen molar-refractivity contribution in [2.75, 3.05) is 13.1 Å². The van der Waals surface area contributed by atoms with Gasteiger partial charge in [0.1, 0.15) is 0 Å². The highest BCUT2D eigenvalue weighted by Crippen LogP contribution is 2.15. The number of aromatic nitrogens is 2. The summed E-state index contributed by atoms with van der Waals surface area (Å²) in [6.07, 6.45) is 4.15. The Labute approximate surface area is 120 Å². The molecule has 19 heavy (non-hydrogen) atoms. The minimum Gasteiger partial charge on any atom is -0.349 e. The number of aryl methyl sites for hydroxylation is 2. The average Bonchev–Trinajstić information content (AvgIpc) is 2.69. The van der Waals surface area contributed by atoms with E-state index < -0.39 is 0 Å². The molecule has 2 rings (SSSR count). The Hall–Kier alpha value is -1.07. The number of piperidine rings is 1. The summed E-state index contributed by atoms with van der Waals surface area (Å²) in [5, 5.41) is 10.7. The second-order valence-corrected chi connectivity index (χ2v) is 5.17. The molecular formula is C13H23ClN4O. The van der Waals surface area contributed by atoms with Gasteiger partial charge >= 0.3 is 0 Å². The van der Waals surface area contributed by atoms with E-state index in [2.05, 4.69) is 22.7 Å². The topological polar surface area (TPSA) is 59.0 Å². The van der Waals surface area contributed by atoms with Gasteiger partial charge < -0.3 is 10.6 Å². The lowest BCUT2D eigenvalue weighted by molar-refractivity contribution is 0.0921. The number of hydrogen-bond donors (Lipinski definition) is 2. The van der Waals surface area contributed by atoms with Crippen LogP contribution in [0.15, 0.2) is 6.20 Å². The molecular weight excluding hydrogens is 264 g/mol. The van der Waals surface area contributed by atoms with Crippen LogP contribution in [0.3, 0.4) is 0 Å². The number of amides is 1. The highest BCUT2D eigenvalue weighted by Gasteiger charge is 2.22. The minimum absolute atomic E-state index is 0. The number of carbonyl (C=O) groups is 1. The fourth-order valence-electron chi connectivity index (χ4n) is 2.53. The van der Waals surface area contributed by atoms with Crippen molar-refractivity contribution in [3.05, 3.63) is 17.5 Å². The van der Waals surface area contributed by atoms with Gasteiger partial charge in [0.2, 0.25) is 0 Å². The normalized spacial score (nSPS) is 20.5. The Morgan fingerprint density at radius 3 is 2.89 bits per heavy atom. The monoisotopic (exact) mass is 286 g/mol. The van der Waals surface area contributed by atoms with Crippen LogP contribution < -0.4 is 10.6 Å². The molecule has 2 unspecified atom stereocenters. The summed E-state index contributed by atoms with van der Waals surface area (Å²) in [6, 6.07) is 0.199. The summed E-state index contributed by atoms with van der Waals surface area (Å²) in [5.41, 5.74) is 1.46. The second-order valence-electron chi connectivity index (χ2n) is 5.17. The molecule has 1 amide bonds. The Morgan fingerprint density at radius 2 is 2.37 bits per heavy atom. The van der Waals surface area contributed by atoms with E-state index in [-0.39, 0.29) is 24.4 Å². The zero-order valence-corrected chi connectivity index (χ0v) is 12.6. The summed E-state index contributed by atoms with van der Waals surface area (Å²) >= 11 is 0. The maximum absolute atomic E-state index is 12.1. The first-order valence-electron chi connectivity index (χ1n) is 6.59. The molecule has 1 aliphatic heterocycles. The first-order valence-corrected chi connectivity index (χ1v) is 6.59. The molecule has 1 aromatic rings. The van der Waals surface area contributed by atoms with Crippen molar-refractivity contribution in [2.24, 2.45) is 13.0 Å². The van der Waals surface area contributed by atoms with Gasteiger partial charge in [-0.1, -0.05) is 0 Å². The largest absolute Gasteiger partial charge is 0.349 e. The van der Waals surface area contributed by atoms with Gasteiger partial charge in [-0.05, 0) is 45.7 Å². The number of nitrogens with one attached hydrogen (secondary N) is 2. The molecule has 0 aromatic carbocycles. The van der Waals surface area contributed by atoms with E-state index in [1.165, 1.54) is 12.8 Å². The molecule has 1 saturated heterocycles. The van der Waals surface area contributed by atoms with Crippen molar-refractivity contribution in [1.29, 1.82) is 0 Å². The van der Waals surface area contributed by atoms with E-state index in [0.29, 0.717) is 11.5 Å². The van der Waals surface area contributed by atoms with E-state index in [9.17, 15) is 4.79 Å². The highest BCUT2D eigenvalue weighted by atomic mass is 35.5. The first kappa shape index (κ1) is 16.0. The molecule has 0 aliphatic carbocycles. The summed E-state index contributed by atoms with van der Waals surface area (Å²) in [5.74, 6) is 0.512. The predicted molar refractivity (Wildman–Crippen MR) is 77.7 cm³/mol. The van der Waals surface area contributed by atoms with E-state index in [1.54, 1.807) is 10.9 Å². The Morgan fingerprint density at radius 1 is 1.63 bits per heavy atom. The van der Waals surface area contributed by atoms with Crippen molar-refractivity contribution in [3.63, 3.8) is 0 Å². The van der Waals surface area contributed by atoms with E-state index in [4.69, 9.17) is 0 Å². The van der Waals surface area contributed by atoms with Crippen molar-refractivity contribution < 1.29 is 4.79 Å². The smallest absolute Gasteiger partial charge is 0.254 e. The summed E-state index contributed by atoms with van der Waals surface area (Å²) in [4.78, 5) is 12.1. The van der Waals surface area contributed by atoms with Gasteiger partial charge in [-0.3, -0.25) is 9.48 Å². The van der Waals surface area contributed by atoms with Crippen LogP contribution in [0, 0.1) is 12.8 Å². The van der Waals surface area contributed by atoms with Crippen molar-refractivity contribution in [1.82, 2.24) is 20.4 Å². The van der Waals surface area contributed by atoms with Crippen LogP contribution in [-0.2, 0) is 7.05 Å². The lowest BCUT2D eigenvalue weighted by atomic mass is 9.92. The number of carbonyl (C=O) groups excluding carboxylic acids is 1. The summed E-state index contributed by atoms with van der Waals surface area (Å²) < 4.78 is 1.68. The first-order chi connectivity index (χ1) is 8.58. The van der Waals surface area contributed by atoms with E-state index in [0.717, 1.165) is 18.8 Å². The molecule has 2 N–H and O–H groups in total. The van der Waals surface area contributed by atoms with Gasteiger partial charge in [-0.25, -0.2) is 0 Å². The van der Waals surface area contributed by atoms with Gasteiger partial charge in [-0.2, -0.15) is 5.10 Å². The van der Waals surface area contributed by atoms with Gasteiger partial charge in [0.15, 0.2) is 0 Å². The lowest BCUT2D eigenvalue weighted by Gasteiger charge is -2.28. The standard InChI is InChI=1S/C13H22N4O.ClH/c1-9(11-5-4-6-14-7-11)15-13(18)12-8-17(3)16-10(12)2;/h8-9,11,14H,4-7H2,1-3H3,(H,15,18);1H. The van der Waals surface area contributed by atoms with Crippen LogP contribution in [0.4, 0.5) is 0 Å². The number of nitrogens with zero attached hydrogens (tertiary/aromatic N) is 2. The SMILES string of the molecule is Cc1nn(C)cc1C(=O)NC(C)C1CCCNC1.Cl. The molecule has 108 valence electrons. The van der Waals surface area contributed by atoms with Crippen molar-refractivity contribution >= 4 is 18.3 Å². The van der Waals surface area contributed by atoms with E-state index in [1.807, 2.05) is 14.0 Å². The highest BCUT2D eigenvalue weighted by molar-refractivity contribution is 5.95. The Bertz CT molecular complexity index is 426. The van der Waals surface area contributed by atoms with Crippen LogP contribution >= 0.6 is 12.4 Å². The average molecular weight is 287 g/mol. The fraction of sp³-hybridized carbons (Fsp3) is 0.692. The molecule has 2 atom stereocenters. The third-order valence-corrected chi connectivity index (χ3v) is 3.66. The number of halogens is 1. The zero-order chi connectivity index (χ0) is 13.1. The number of rotatable bonds is 3. The molecule has 0 bridgehead atoms. The molecule has 1 aliphatic rings. The van der Waals surface area contributed by atoms with Crippen molar-refractivity contribution in [2.45, 2.75) is 32.7 Å². The molecule has 5 nitrogen and oxygen atoms in total. The fourth-order valence-corrected chi connectivity index (χ4v) is 2.53. The Balaban J connectivity index is 0.00000180. The number of hydrogen-bond acceptors (Lipinski definition) is 3. The lowest BCUT2D eigenvalue weighted by Crippen LogP contribution is -2.44. The van der Waals surface area contributed by atoms with E-state index >= 15 is 0 Å². The molecule has 0 saturated carbocycles. The third-order valence-electron chi connectivity index (χ3n) is 3.66. The van der Waals surface area contributed by atoms with Gasteiger partial charge in [-0.15, -0.1) is 12.4 Å². The molecule has 0 spiro atoms. The molecule has 1 fully saturated rings. The van der Waals surface area contributed by atoms with Gasteiger partial charge in [0, 0.05) is 19.3 Å². The summed E-state index contributed by atoms with van der Waals surface area (Å²) in [6.45, 7) is 6.04. The predicted octanol–water partition coefficient (Wildman–Crippen LogP) is 1.27. The van der Waals surface area contributed by atoms with Crippen LogP contribution in [0.2, 0.25) is 0 Å². The molecule has 6 heteroatoms. The van der Waals surface area contributed by atoms with Crippen LogP contribution in [0.5, 0.6) is 0 Å². The minimum atomic E-state index is -0.0151. The van der Waals surface area contributed by atoms with Gasteiger partial charge in [0.05, 0.1) is 11.3 Å². The third kappa shape index (κ3) is 3.94. The quantitative estimate of drug-likeness (QED) is 0.880. The summed E-state index contributed by atoms with van der Waals surface area (Å²) in [7, 11) is 1.83. The molecule has 1 aromatic heterocycles. The molecule has 0 radical (unpaired) electrons. The zero-order valence-electron chi connectivity index (χ0n) is 11.8. The Kier molecular flexibility index (Phi) is 5.82. The van der Waals surface area contributed by atoms with Crippen LogP contribution in [-0.4, -0.2) is 34.8 Å². The van der Waals surface area contributed by atoms with Crippen molar-refractivity contribution in [3.8, 4) is 0 Å². The molecule has 2 heterocycles. The maximum Gasteiger partial charge on any atom is 0.254 e.